The fraction of sp³-hybridized carbons (Fsp3) is 0.263. The summed E-state index contributed by atoms with van der Waals surface area (Å²) >= 11 is 1.57. The molecule has 4 rings (SSSR count). The topological polar surface area (TPSA) is 79.0 Å². The molecule has 1 atom stereocenters. The van der Waals surface area contributed by atoms with Gasteiger partial charge >= 0.3 is 0 Å². The summed E-state index contributed by atoms with van der Waals surface area (Å²) < 4.78 is 0. The third-order valence-electron chi connectivity index (χ3n) is 4.58. The van der Waals surface area contributed by atoms with E-state index in [1.807, 2.05) is 21.7 Å². The van der Waals surface area contributed by atoms with E-state index in [9.17, 15) is 9.59 Å². The van der Waals surface area contributed by atoms with Crippen molar-refractivity contribution in [2.45, 2.75) is 18.8 Å². The number of carbonyl (C=O) groups is 1. The van der Waals surface area contributed by atoms with Gasteiger partial charge in [0.1, 0.15) is 5.82 Å². The van der Waals surface area contributed by atoms with Crippen LogP contribution in [-0.4, -0.2) is 38.8 Å². The van der Waals surface area contributed by atoms with Gasteiger partial charge in [-0.3, -0.25) is 14.6 Å². The number of amides is 1. The third kappa shape index (κ3) is 3.43. The van der Waals surface area contributed by atoms with Crippen molar-refractivity contribution < 1.29 is 4.79 Å². The number of carbonyl (C=O) groups excluding carboxylic acids is 1. The van der Waals surface area contributed by atoms with Crippen LogP contribution in [0.2, 0.25) is 0 Å². The van der Waals surface area contributed by atoms with Gasteiger partial charge in [0.05, 0.1) is 11.3 Å². The molecule has 3 aromatic rings. The zero-order valence-corrected chi connectivity index (χ0v) is 14.9. The molecule has 0 radical (unpaired) electrons. The van der Waals surface area contributed by atoms with Crippen molar-refractivity contribution in [2.24, 2.45) is 0 Å². The number of pyridine rings is 1. The maximum atomic E-state index is 12.7. The minimum absolute atomic E-state index is 0.0238. The molecule has 0 aliphatic carbocycles. The maximum absolute atomic E-state index is 12.7. The van der Waals surface area contributed by atoms with E-state index >= 15 is 0 Å². The summed E-state index contributed by atoms with van der Waals surface area (Å²) in [5, 5.41) is 3.94. The number of thiophene rings is 1. The minimum atomic E-state index is -0.160. The van der Waals surface area contributed by atoms with E-state index in [1.165, 1.54) is 6.07 Å². The number of likely N-dealkylation sites (tertiary alicyclic amines) is 1. The lowest BCUT2D eigenvalue weighted by Gasteiger charge is -2.32. The fourth-order valence-corrected chi connectivity index (χ4v) is 3.93. The third-order valence-corrected chi connectivity index (χ3v) is 5.26. The summed E-state index contributed by atoms with van der Waals surface area (Å²) in [6.07, 6.45) is 5.01. The van der Waals surface area contributed by atoms with Crippen molar-refractivity contribution >= 4 is 17.2 Å². The van der Waals surface area contributed by atoms with Crippen LogP contribution >= 0.6 is 11.3 Å². The predicted octanol–water partition coefficient (Wildman–Crippen LogP) is 2.91. The van der Waals surface area contributed by atoms with E-state index < -0.39 is 0 Å². The van der Waals surface area contributed by atoms with E-state index in [-0.39, 0.29) is 17.4 Å². The van der Waals surface area contributed by atoms with Crippen molar-refractivity contribution in [3.8, 4) is 11.3 Å². The highest BCUT2D eigenvalue weighted by molar-refractivity contribution is 7.08. The summed E-state index contributed by atoms with van der Waals surface area (Å²) in [7, 11) is 0. The van der Waals surface area contributed by atoms with Crippen LogP contribution in [0.5, 0.6) is 0 Å². The highest BCUT2D eigenvalue weighted by Crippen LogP contribution is 2.27. The number of rotatable bonds is 3. The van der Waals surface area contributed by atoms with Gasteiger partial charge in [0.25, 0.3) is 11.5 Å². The number of nitrogens with zero attached hydrogens (tertiary/aromatic N) is 3. The summed E-state index contributed by atoms with van der Waals surface area (Å²) in [4.78, 5) is 38.2. The molecule has 1 saturated heterocycles. The van der Waals surface area contributed by atoms with Crippen LogP contribution in [0, 0.1) is 0 Å². The zero-order chi connectivity index (χ0) is 17.9. The quantitative estimate of drug-likeness (QED) is 0.773. The summed E-state index contributed by atoms with van der Waals surface area (Å²) in [5.74, 6) is 0.650. The Labute approximate surface area is 154 Å². The Hall–Kier alpha value is -2.80. The van der Waals surface area contributed by atoms with Crippen molar-refractivity contribution in [1.29, 1.82) is 0 Å². The molecule has 0 spiro atoms. The van der Waals surface area contributed by atoms with Gasteiger partial charge in [-0.25, -0.2) is 4.98 Å². The van der Waals surface area contributed by atoms with Crippen LogP contribution in [0.3, 0.4) is 0 Å². The lowest BCUT2D eigenvalue weighted by atomic mass is 9.96. The predicted molar refractivity (Wildman–Crippen MR) is 100 cm³/mol. The smallest absolute Gasteiger partial charge is 0.255 e. The second-order valence-corrected chi connectivity index (χ2v) is 7.14. The van der Waals surface area contributed by atoms with Gasteiger partial charge in [0.15, 0.2) is 0 Å². The highest BCUT2D eigenvalue weighted by atomic mass is 32.1. The molecule has 0 bridgehead atoms. The molecular weight excluding hydrogens is 348 g/mol. The number of aromatic amines is 1. The standard InChI is InChI=1S/C19H18N4O2S/c24-17-9-16(15-5-8-26-12-15)21-18(22-17)14-4-2-7-23(11-14)19(25)13-3-1-6-20-10-13/h1,3,5-6,8-10,12,14H,2,4,7,11H2,(H,21,22,24). The second kappa shape index (κ2) is 7.21. The second-order valence-electron chi connectivity index (χ2n) is 6.36. The maximum Gasteiger partial charge on any atom is 0.255 e. The monoisotopic (exact) mass is 366 g/mol. The van der Waals surface area contributed by atoms with Crippen LogP contribution in [0.15, 0.2) is 52.2 Å². The Bertz CT molecular complexity index is 953. The van der Waals surface area contributed by atoms with E-state index in [1.54, 1.807) is 35.9 Å². The highest BCUT2D eigenvalue weighted by Gasteiger charge is 2.27. The first kappa shape index (κ1) is 16.7. The number of nitrogens with one attached hydrogen (secondary N) is 1. The summed E-state index contributed by atoms with van der Waals surface area (Å²) in [5.41, 5.74) is 2.05. The molecule has 0 saturated carbocycles. The van der Waals surface area contributed by atoms with Gasteiger partial charge in [-0.1, -0.05) is 0 Å². The van der Waals surface area contributed by atoms with Gasteiger partial charge in [-0.2, -0.15) is 11.3 Å². The van der Waals surface area contributed by atoms with Gasteiger partial charge in [-0.05, 0) is 36.4 Å². The van der Waals surface area contributed by atoms with Crippen molar-refractivity contribution in [3.63, 3.8) is 0 Å². The molecule has 7 heteroatoms. The molecule has 3 aromatic heterocycles. The zero-order valence-electron chi connectivity index (χ0n) is 14.1. The number of H-pyrrole nitrogens is 1. The normalized spacial score (nSPS) is 17.2. The molecule has 26 heavy (non-hydrogen) atoms. The van der Waals surface area contributed by atoms with Crippen LogP contribution in [0.25, 0.3) is 11.3 Å². The first-order valence-electron chi connectivity index (χ1n) is 8.54. The fourth-order valence-electron chi connectivity index (χ4n) is 3.28. The van der Waals surface area contributed by atoms with E-state index in [0.717, 1.165) is 18.4 Å². The average Bonchev–Trinajstić information content (AvgIpc) is 3.23. The summed E-state index contributed by atoms with van der Waals surface area (Å²) in [6, 6.07) is 7.01. The van der Waals surface area contributed by atoms with Crippen molar-refractivity contribution in [1.82, 2.24) is 19.9 Å². The lowest BCUT2D eigenvalue weighted by molar-refractivity contribution is 0.0704. The first-order valence-corrected chi connectivity index (χ1v) is 9.48. The SMILES string of the molecule is O=C(c1cccnc1)N1CCCC(c2nc(-c3ccsc3)cc(=O)[nH]2)C1. The molecule has 1 unspecified atom stereocenters. The molecule has 1 fully saturated rings. The number of hydrogen-bond donors (Lipinski definition) is 1. The average molecular weight is 366 g/mol. The van der Waals surface area contributed by atoms with Gasteiger partial charge < -0.3 is 9.88 Å². The molecule has 1 N–H and O–H groups in total. The molecule has 132 valence electrons. The van der Waals surface area contributed by atoms with Gasteiger partial charge in [0.2, 0.25) is 0 Å². The number of aromatic nitrogens is 3. The van der Waals surface area contributed by atoms with E-state index in [2.05, 4.69) is 15.0 Å². The van der Waals surface area contributed by atoms with E-state index in [4.69, 9.17) is 0 Å². The van der Waals surface area contributed by atoms with Crippen LogP contribution < -0.4 is 5.56 Å². The Morgan fingerprint density at radius 2 is 2.27 bits per heavy atom. The number of hydrogen-bond acceptors (Lipinski definition) is 5. The van der Waals surface area contributed by atoms with Gasteiger partial charge in [0, 0.05) is 48.4 Å². The Morgan fingerprint density at radius 3 is 3.04 bits per heavy atom. The molecular formula is C19H18N4O2S. The first-order chi connectivity index (χ1) is 12.7. The van der Waals surface area contributed by atoms with Crippen LogP contribution in [0.4, 0.5) is 0 Å². The molecule has 1 aliphatic rings. The van der Waals surface area contributed by atoms with Crippen LogP contribution in [0.1, 0.15) is 34.9 Å². The van der Waals surface area contributed by atoms with Gasteiger partial charge in [-0.15, -0.1) is 0 Å². The Kier molecular flexibility index (Phi) is 4.62. The Balaban J connectivity index is 1.58. The lowest BCUT2D eigenvalue weighted by Crippen LogP contribution is -2.40. The van der Waals surface area contributed by atoms with E-state index in [0.29, 0.717) is 30.2 Å². The molecule has 1 aliphatic heterocycles. The minimum Gasteiger partial charge on any atom is -0.338 e. The van der Waals surface area contributed by atoms with Crippen molar-refractivity contribution in [2.75, 3.05) is 13.1 Å². The molecule has 4 heterocycles. The molecule has 6 nitrogen and oxygen atoms in total. The van der Waals surface area contributed by atoms with Crippen LogP contribution in [-0.2, 0) is 0 Å². The Morgan fingerprint density at radius 1 is 1.35 bits per heavy atom. The van der Waals surface area contributed by atoms with Crippen molar-refractivity contribution in [3.05, 3.63) is 69.2 Å². The molecule has 1 amide bonds. The number of piperidine rings is 1. The molecule has 0 aromatic carbocycles. The largest absolute Gasteiger partial charge is 0.338 e. The summed E-state index contributed by atoms with van der Waals surface area (Å²) in [6.45, 7) is 1.25.